The van der Waals surface area contributed by atoms with Crippen molar-refractivity contribution in [1.82, 2.24) is 10.2 Å². The summed E-state index contributed by atoms with van der Waals surface area (Å²) in [6.45, 7) is 0.586. The van der Waals surface area contributed by atoms with Gasteiger partial charge in [-0.15, -0.1) is 10.2 Å². The van der Waals surface area contributed by atoms with Crippen molar-refractivity contribution in [2.75, 3.05) is 12.4 Å². The average Bonchev–Trinajstić information content (AvgIpc) is 2.89. The molecule has 0 bridgehead atoms. The van der Waals surface area contributed by atoms with Crippen LogP contribution in [0.2, 0.25) is 0 Å². The number of carbonyl (C=O) groups excluding carboxylic acids is 1. The molecule has 2 aromatic rings. The largest absolute Gasteiger partial charge is 0.472 e. The van der Waals surface area contributed by atoms with E-state index in [1.807, 2.05) is 6.07 Å². The Morgan fingerprint density at radius 2 is 2.29 bits per heavy atom. The molecule has 6 nitrogen and oxygen atoms in total. The molecule has 0 atom stereocenters. The molecule has 0 fully saturated rings. The molecule has 17 heavy (non-hydrogen) atoms. The van der Waals surface area contributed by atoms with Gasteiger partial charge in [-0.25, -0.2) is 4.79 Å². The maximum absolute atomic E-state index is 11.1. The lowest BCUT2D eigenvalue weighted by molar-refractivity contribution is 0.0593. The summed E-state index contributed by atoms with van der Waals surface area (Å²) in [4.78, 5) is 11.1. The Balaban J connectivity index is 1.96. The SMILES string of the molecule is COC(=O)c1ccc(NCc2ccoc2)nn1. The second-order valence-electron chi connectivity index (χ2n) is 3.28. The molecule has 0 unspecified atom stereocenters. The van der Waals surface area contributed by atoms with Gasteiger partial charge in [0.25, 0.3) is 0 Å². The first kappa shape index (κ1) is 11.1. The van der Waals surface area contributed by atoms with Gasteiger partial charge in [0.1, 0.15) is 5.82 Å². The highest BCUT2D eigenvalue weighted by Crippen LogP contribution is 2.06. The van der Waals surface area contributed by atoms with Gasteiger partial charge in [-0.2, -0.15) is 0 Å². The molecule has 0 aromatic carbocycles. The van der Waals surface area contributed by atoms with Crippen LogP contribution < -0.4 is 5.32 Å². The Morgan fingerprint density at radius 3 is 2.88 bits per heavy atom. The molecule has 2 aromatic heterocycles. The average molecular weight is 233 g/mol. The quantitative estimate of drug-likeness (QED) is 0.806. The van der Waals surface area contributed by atoms with E-state index in [1.54, 1.807) is 24.7 Å². The summed E-state index contributed by atoms with van der Waals surface area (Å²) in [5.41, 5.74) is 1.19. The molecule has 1 N–H and O–H groups in total. The number of methoxy groups -OCH3 is 1. The minimum absolute atomic E-state index is 0.182. The second kappa shape index (κ2) is 5.11. The van der Waals surface area contributed by atoms with Crippen LogP contribution in [-0.4, -0.2) is 23.3 Å². The molecule has 6 heteroatoms. The van der Waals surface area contributed by atoms with Crippen LogP contribution in [0, 0.1) is 0 Å². The van der Waals surface area contributed by atoms with E-state index in [1.165, 1.54) is 7.11 Å². The van der Waals surface area contributed by atoms with E-state index in [0.717, 1.165) is 5.56 Å². The zero-order valence-electron chi connectivity index (χ0n) is 9.21. The van der Waals surface area contributed by atoms with Gasteiger partial charge >= 0.3 is 5.97 Å². The number of rotatable bonds is 4. The summed E-state index contributed by atoms with van der Waals surface area (Å²) in [7, 11) is 1.30. The summed E-state index contributed by atoms with van der Waals surface area (Å²) in [5, 5.41) is 10.6. The molecule has 0 saturated heterocycles. The standard InChI is InChI=1S/C11H11N3O3/c1-16-11(15)9-2-3-10(14-13-9)12-6-8-4-5-17-7-8/h2-5,7H,6H2,1H3,(H,12,14). The van der Waals surface area contributed by atoms with Crippen LogP contribution in [0.1, 0.15) is 16.1 Å². The van der Waals surface area contributed by atoms with Crippen LogP contribution in [0.15, 0.2) is 35.1 Å². The van der Waals surface area contributed by atoms with Crippen molar-refractivity contribution >= 4 is 11.8 Å². The maximum Gasteiger partial charge on any atom is 0.358 e. The van der Waals surface area contributed by atoms with Gasteiger partial charge in [-0.05, 0) is 18.2 Å². The Bertz CT molecular complexity index is 479. The molecule has 0 aliphatic carbocycles. The molecule has 88 valence electrons. The molecule has 0 amide bonds. The van der Waals surface area contributed by atoms with E-state index in [9.17, 15) is 4.79 Å². The Kier molecular flexibility index (Phi) is 3.34. The highest BCUT2D eigenvalue weighted by atomic mass is 16.5. The topological polar surface area (TPSA) is 77.2 Å². The number of hydrogen-bond donors (Lipinski definition) is 1. The fourth-order valence-corrected chi connectivity index (χ4v) is 1.23. The maximum atomic E-state index is 11.1. The highest BCUT2D eigenvalue weighted by Gasteiger charge is 2.07. The van der Waals surface area contributed by atoms with Crippen LogP contribution in [0.4, 0.5) is 5.82 Å². The lowest BCUT2D eigenvalue weighted by atomic mass is 10.3. The molecule has 2 heterocycles. The normalized spacial score (nSPS) is 9.94. The number of nitrogens with one attached hydrogen (secondary N) is 1. The Morgan fingerprint density at radius 1 is 1.41 bits per heavy atom. The number of hydrogen-bond acceptors (Lipinski definition) is 6. The fraction of sp³-hybridized carbons (Fsp3) is 0.182. The number of ether oxygens (including phenoxy) is 1. The van der Waals surface area contributed by atoms with Crippen molar-refractivity contribution in [3.05, 3.63) is 42.0 Å². The van der Waals surface area contributed by atoms with Gasteiger partial charge in [0.2, 0.25) is 0 Å². The molecule has 0 radical (unpaired) electrons. The number of carbonyl (C=O) groups is 1. The highest BCUT2D eigenvalue weighted by molar-refractivity contribution is 5.86. The predicted molar refractivity (Wildman–Crippen MR) is 59.4 cm³/mol. The van der Waals surface area contributed by atoms with Crippen molar-refractivity contribution in [3.63, 3.8) is 0 Å². The van der Waals surface area contributed by atoms with Gasteiger partial charge in [-0.1, -0.05) is 0 Å². The Hall–Kier alpha value is -2.37. The number of furan rings is 1. The van der Waals surface area contributed by atoms with Gasteiger partial charge in [0.05, 0.1) is 19.6 Å². The number of nitrogens with zero attached hydrogens (tertiary/aromatic N) is 2. The van der Waals surface area contributed by atoms with Crippen molar-refractivity contribution in [2.24, 2.45) is 0 Å². The number of esters is 1. The van der Waals surface area contributed by atoms with E-state index in [2.05, 4.69) is 20.3 Å². The molecule has 0 aliphatic heterocycles. The molecular formula is C11H11N3O3. The Labute approximate surface area is 97.6 Å². The van der Waals surface area contributed by atoms with Crippen molar-refractivity contribution in [2.45, 2.75) is 6.54 Å². The summed E-state index contributed by atoms with van der Waals surface area (Å²) in [6, 6.07) is 5.07. The summed E-state index contributed by atoms with van der Waals surface area (Å²) < 4.78 is 9.45. The van der Waals surface area contributed by atoms with E-state index < -0.39 is 5.97 Å². The third-order valence-corrected chi connectivity index (χ3v) is 2.11. The second-order valence-corrected chi connectivity index (χ2v) is 3.28. The molecule has 0 aliphatic rings. The molecule has 0 spiro atoms. The first-order chi connectivity index (χ1) is 8.29. The number of anilines is 1. The zero-order valence-corrected chi connectivity index (χ0v) is 9.21. The predicted octanol–water partition coefficient (Wildman–Crippen LogP) is 1.47. The first-order valence-electron chi connectivity index (χ1n) is 4.96. The van der Waals surface area contributed by atoms with Crippen molar-refractivity contribution in [1.29, 1.82) is 0 Å². The molecule has 2 rings (SSSR count). The summed E-state index contributed by atoms with van der Waals surface area (Å²) >= 11 is 0. The van der Waals surface area contributed by atoms with Crippen LogP contribution in [0.5, 0.6) is 0 Å². The van der Waals surface area contributed by atoms with Crippen LogP contribution >= 0.6 is 0 Å². The van der Waals surface area contributed by atoms with Crippen molar-refractivity contribution < 1.29 is 13.9 Å². The third kappa shape index (κ3) is 2.81. The number of aromatic nitrogens is 2. The van der Waals surface area contributed by atoms with Gasteiger partial charge in [0, 0.05) is 12.1 Å². The minimum atomic E-state index is -0.501. The van der Waals surface area contributed by atoms with Crippen LogP contribution in [0.3, 0.4) is 0 Å². The van der Waals surface area contributed by atoms with Gasteiger partial charge in [-0.3, -0.25) is 0 Å². The van der Waals surface area contributed by atoms with E-state index >= 15 is 0 Å². The summed E-state index contributed by atoms with van der Waals surface area (Å²) in [6.07, 6.45) is 3.24. The van der Waals surface area contributed by atoms with E-state index in [-0.39, 0.29) is 5.69 Å². The van der Waals surface area contributed by atoms with Crippen molar-refractivity contribution in [3.8, 4) is 0 Å². The summed E-state index contributed by atoms with van der Waals surface area (Å²) in [5.74, 6) is 0.0812. The monoisotopic (exact) mass is 233 g/mol. The minimum Gasteiger partial charge on any atom is -0.472 e. The van der Waals surface area contributed by atoms with Crippen LogP contribution in [0.25, 0.3) is 0 Å². The van der Waals surface area contributed by atoms with Crippen LogP contribution in [-0.2, 0) is 11.3 Å². The van der Waals surface area contributed by atoms with Gasteiger partial charge < -0.3 is 14.5 Å². The zero-order chi connectivity index (χ0) is 12.1. The van der Waals surface area contributed by atoms with E-state index in [4.69, 9.17) is 4.42 Å². The third-order valence-electron chi connectivity index (χ3n) is 2.11. The molecule has 0 saturated carbocycles. The van der Waals surface area contributed by atoms with E-state index in [0.29, 0.717) is 12.4 Å². The fourth-order valence-electron chi connectivity index (χ4n) is 1.23. The molecular weight excluding hydrogens is 222 g/mol. The lowest BCUT2D eigenvalue weighted by Crippen LogP contribution is -2.07. The first-order valence-corrected chi connectivity index (χ1v) is 4.96. The smallest absolute Gasteiger partial charge is 0.358 e. The lowest BCUT2D eigenvalue weighted by Gasteiger charge is -2.03. The van der Waals surface area contributed by atoms with Gasteiger partial charge in [0.15, 0.2) is 5.69 Å².